The van der Waals surface area contributed by atoms with Gasteiger partial charge in [-0.3, -0.25) is 9.69 Å². The third-order valence-electron chi connectivity index (χ3n) is 4.80. The van der Waals surface area contributed by atoms with Crippen LogP contribution < -0.4 is 5.56 Å². The van der Waals surface area contributed by atoms with Gasteiger partial charge >= 0.3 is 0 Å². The van der Waals surface area contributed by atoms with Crippen LogP contribution in [-0.2, 0) is 6.54 Å². The van der Waals surface area contributed by atoms with Crippen molar-refractivity contribution < 1.29 is 5.11 Å². The molecule has 0 aliphatic rings. The van der Waals surface area contributed by atoms with Gasteiger partial charge in [-0.2, -0.15) is 0 Å². The van der Waals surface area contributed by atoms with E-state index in [-0.39, 0.29) is 17.7 Å². The number of rotatable bonds is 8. The van der Waals surface area contributed by atoms with Crippen molar-refractivity contribution in [1.29, 1.82) is 0 Å². The quantitative estimate of drug-likeness (QED) is 0.556. The second-order valence-corrected chi connectivity index (χ2v) is 8.61. The Morgan fingerprint density at radius 1 is 1.29 bits per heavy atom. The van der Waals surface area contributed by atoms with E-state index in [1.807, 2.05) is 29.6 Å². The van der Waals surface area contributed by atoms with E-state index in [9.17, 15) is 9.90 Å². The molecule has 0 aliphatic heterocycles. The number of benzene rings is 1. The highest BCUT2D eigenvalue weighted by Gasteiger charge is 2.18. The van der Waals surface area contributed by atoms with E-state index >= 15 is 0 Å². The average Bonchev–Trinajstić information content (AvgIpc) is 3.06. The van der Waals surface area contributed by atoms with Crippen LogP contribution in [0.3, 0.4) is 0 Å². The number of fused-ring (bicyclic) bond motifs is 1. The molecule has 0 saturated heterocycles. The molecule has 0 fully saturated rings. The van der Waals surface area contributed by atoms with Crippen LogP contribution in [0.1, 0.15) is 39.4 Å². The minimum atomic E-state index is -0.374. The zero-order valence-corrected chi connectivity index (χ0v) is 18.0. The van der Waals surface area contributed by atoms with Gasteiger partial charge in [-0.25, -0.2) is 4.98 Å². The summed E-state index contributed by atoms with van der Waals surface area (Å²) in [5.41, 5.74) is 1.68. The summed E-state index contributed by atoms with van der Waals surface area (Å²) in [4.78, 5) is 23.3. The van der Waals surface area contributed by atoms with Crippen LogP contribution in [-0.4, -0.2) is 38.7 Å². The fourth-order valence-corrected chi connectivity index (χ4v) is 4.35. The van der Waals surface area contributed by atoms with E-state index in [1.54, 1.807) is 0 Å². The Kier molecular flexibility index (Phi) is 6.88. The molecular weight excluding hydrogens is 394 g/mol. The number of aromatic nitrogens is 2. The third kappa shape index (κ3) is 4.81. The van der Waals surface area contributed by atoms with Crippen LogP contribution in [0.25, 0.3) is 21.3 Å². The van der Waals surface area contributed by atoms with E-state index in [4.69, 9.17) is 11.6 Å². The Balaban J connectivity index is 1.90. The molecule has 0 saturated carbocycles. The Morgan fingerprint density at radius 3 is 2.64 bits per heavy atom. The summed E-state index contributed by atoms with van der Waals surface area (Å²) >= 11 is 7.44. The normalized spacial score (nSPS) is 13.0. The lowest BCUT2D eigenvalue weighted by atomic mass is 10.1. The average molecular weight is 420 g/mol. The van der Waals surface area contributed by atoms with Gasteiger partial charge in [0.25, 0.3) is 5.56 Å². The van der Waals surface area contributed by atoms with Crippen molar-refractivity contribution in [3.63, 3.8) is 0 Å². The highest BCUT2D eigenvalue weighted by Crippen LogP contribution is 2.31. The molecule has 1 atom stereocenters. The van der Waals surface area contributed by atoms with Crippen molar-refractivity contribution in [1.82, 2.24) is 14.9 Å². The first-order valence-corrected chi connectivity index (χ1v) is 10.8. The maximum atomic E-state index is 12.8. The first-order valence-electron chi connectivity index (χ1n) is 9.57. The zero-order chi connectivity index (χ0) is 20.3. The van der Waals surface area contributed by atoms with E-state index in [2.05, 4.69) is 35.6 Å². The van der Waals surface area contributed by atoms with Gasteiger partial charge < -0.3 is 10.1 Å². The van der Waals surface area contributed by atoms with Crippen molar-refractivity contribution in [3.05, 3.63) is 50.8 Å². The van der Waals surface area contributed by atoms with E-state index in [1.165, 1.54) is 11.3 Å². The maximum absolute atomic E-state index is 12.8. The van der Waals surface area contributed by atoms with Gasteiger partial charge in [0, 0.05) is 28.6 Å². The molecule has 150 valence electrons. The molecule has 0 radical (unpaired) electrons. The van der Waals surface area contributed by atoms with Gasteiger partial charge in [-0.15, -0.1) is 11.3 Å². The van der Waals surface area contributed by atoms with Crippen molar-refractivity contribution >= 4 is 33.2 Å². The summed E-state index contributed by atoms with van der Waals surface area (Å²) in [5.74, 6) is 0.624. The smallest absolute Gasteiger partial charge is 0.260 e. The summed E-state index contributed by atoms with van der Waals surface area (Å²) in [6.07, 6.45) is 1.33. The Hall–Kier alpha value is -1.73. The predicted molar refractivity (Wildman–Crippen MR) is 117 cm³/mol. The summed E-state index contributed by atoms with van der Waals surface area (Å²) < 4.78 is 0. The van der Waals surface area contributed by atoms with Gasteiger partial charge in [0.2, 0.25) is 0 Å². The summed E-state index contributed by atoms with van der Waals surface area (Å²) in [7, 11) is 0. The molecule has 28 heavy (non-hydrogen) atoms. The second kappa shape index (κ2) is 9.18. The van der Waals surface area contributed by atoms with Crippen LogP contribution in [0.2, 0.25) is 5.02 Å². The molecule has 2 heterocycles. The Bertz CT molecular complexity index is 981. The fourth-order valence-electron chi connectivity index (χ4n) is 3.26. The van der Waals surface area contributed by atoms with E-state index in [0.717, 1.165) is 28.8 Å². The van der Waals surface area contributed by atoms with Crippen LogP contribution in [0.4, 0.5) is 0 Å². The number of aliphatic hydroxyl groups excluding tert-OH is 1. The number of nitrogens with one attached hydrogen (secondary N) is 1. The standard InChI is InChI=1S/C21H26ClN3O2S/c1-4-5-16(26)10-25(13(2)3)11-18-23-20(27)19-17(12-28-21(19)24-18)14-6-8-15(22)9-7-14/h6-9,12-13,16,26H,4-5,10-11H2,1-3H3,(H,23,24,27)/t16-/m0/s1. The van der Waals surface area contributed by atoms with Gasteiger partial charge in [0.15, 0.2) is 0 Å². The molecule has 0 spiro atoms. The molecule has 3 aromatic rings. The second-order valence-electron chi connectivity index (χ2n) is 7.31. The highest BCUT2D eigenvalue weighted by atomic mass is 35.5. The minimum absolute atomic E-state index is 0.135. The summed E-state index contributed by atoms with van der Waals surface area (Å²) in [6.45, 7) is 7.29. The van der Waals surface area contributed by atoms with Crippen molar-refractivity contribution in [2.75, 3.05) is 6.54 Å². The molecular formula is C21H26ClN3O2S. The predicted octanol–water partition coefficient (Wildman–Crippen LogP) is 4.68. The molecule has 5 nitrogen and oxygen atoms in total. The molecule has 3 rings (SSSR count). The van der Waals surface area contributed by atoms with Crippen LogP contribution in [0.5, 0.6) is 0 Å². The number of aromatic amines is 1. The summed E-state index contributed by atoms with van der Waals surface area (Å²) in [6, 6.07) is 7.69. The lowest BCUT2D eigenvalue weighted by Gasteiger charge is -2.28. The van der Waals surface area contributed by atoms with Gasteiger partial charge in [-0.05, 0) is 38.0 Å². The molecule has 2 aromatic heterocycles. The van der Waals surface area contributed by atoms with Gasteiger partial charge in [-0.1, -0.05) is 37.1 Å². The number of aliphatic hydroxyl groups is 1. The molecule has 1 aromatic carbocycles. The van der Waals surface area contributed by atoms with Crippen LogP contribution in [0.15, 0.2) is 34.4 Å². The van der Waals surface area contributed by atoms with Gasteiger partial charge in [0.05, 0.1) is 18.0 Å². The van der Waals surface area contributed by atoms with Crippen molar-refractivity contribution in [2.45, 2.75) is 52.3 Å². The van der Waals surface area contributed by atoms with E-state index in [0.29, 0.717) is 29.3 Å². The lowest BCUT2D eigenvalue weighted by Crippen LogP contribution is -2.38. The number of halogens is 1. The largest absolute Gasteiger partial charge is 0.392 e. The van der Waals surface area contributed by atoms with Crippen LogP contribution >= 0.6 is 22.9 Å². The topological polar surface area (TPSA) is 69.2 Å². The Morgan fingerprint density at radius 2 is 2.00 bits per heavy atom. The monoisotopic (exact) mass is 419 g/mol. The molecule has 0 amide bonds. The molecule has 0 aliphatic carbocycles. The molecule has 0 unspecified atom stereocenters. The first-order chi connectivity index (χ1) is 13.4. The number of H-pyrrole nitrogens is 1. The van der Waals surface area contributed by atoms with Gasteiger partial charge in [0.1, 0.15) is 10.7 Å². The number of nitrogens with zero attached hydrogens (tertiary/aromatic N) is 2. The fraction of sp³-hybridized carbons (Fsp3) is 0.429. The number of thiophene rings is 1. The molecule has 7 heteroatoms. The van der Waals surface area contributed by atoms with Crippen molar-refractivity contribution in [3.8, 4) is 11.1 Å². The third-order valence-corrected chi connectivity index (χ3v) is 5.92. The van der Waals surface area contributed by atoms with Crippen molar-refractivity contribution in [2.24, 2.45) is 0 Å². The number of hydrogen-bond acceptors (Lipinski definition) is 5. The highest BCUT2D eigenvalue weighted by molar-refractivity contribution is 7.17. The zero-order valence-electron chi connectivity index (χ0n) is 16.4. The lowest BCUT2D eigenvalue weighted by molar-refractivity contribution is 0.0828. The number of hydrogen-bond donors (Lipinski definition) is 2. The minimum Gasteiger partial charge on any atom is -0.392 e. The maximum Gasteiger partial charge on any atom is 0.260 e. The van der Waals surface area contributed by atoms with E-state index < -0.39 is 0 Å². The molecule has 2 N–H and O–H groups in total. The SMILES string of the molecule is CCC[C@H](O)CN(Cc1nc2scc(-c3ccc(Cl)cc3)c2c(=O)[nH]1)C(C)C. The summed E-state index contributed by atoms with van der Waals surface area (Å²) in [5, 5.41) is 13.4. The Labute approximate surface area is 174 Å². The first kappa shape index (κ1) is 21.0. The molecule has 0 bridgehead atoms. The van der Waals surface area contributed by atoms with Crippen LogP contribution in [0, 0.1) is 0 Å².